The van der Waals surface area contributed by atoms with Crippen molar-refractivity contribution in [2.75, 3.05) is 11.9 Å². The van der Waals surface area contributed by atoms with Gasteiger partial charge in [-0.05, 0) is 30.7 Å². The Morgan fingerprint density at radius 2 is 1.72 bits per heavy atom. The van der Waals surface area contributed by atoms with Crippen molar-refractivity contribution in [2.24, 2.45) is 0 Å². The molecule has 29 heavy (non-hydrogen) atoms. The van der Waals surface area contributed by atoms with Crippen LogP contribution in [0.2, 0.25) is 0 Å². The van der Waals surface area contributed by atoms with E-state index in [2.05, 4.69) is 15.3 Å². The largest absolute Gasteiger partial charge is 0.419 e. The summed E-state index contributed by atoms with van der Waals surface area (Å²) in [4.78, 5) is 8.51. The summed E-state index contributed by atoms with van der Waals surface area (Å²) < 4.78 is 34.1. The summed E-state index contributed by atoms with van der Waals surface area (Å²) in [6.45, 7) is 1.28. The minimum absolute atomic E-state index is 0.106. The van der Waals surface area contributed by atoms with Crippen LogP contribution in [0.25, 0.3) is 11.5 Å². The Balaban J connectivity index is 1.62. The highest BCUT2D eigenvalue weighted by Crippen LogP contribution is 2.32. The predicted octanol–water partition coefficient (Wildman–Crippen LogP) is 3.87. The van der Waals surface area contributed by atoms with Crippen molar-refractivity contribution < 1.29 is 12.8 Å². The molecule has 2 aromatic heterocycles. The van der Waals surface area contributed by atoms with Crippen LogP contribution in [0.5, 0.6) is 0 Å². The molecule has 0 radical (unpaired) electrons. The lowest BCUT2D eigenvalue weighted by Crippen LogP contribution is -2.09. The normalized spacial score (nSPS) is 11.4. The summed E-state index contributed by atoms with van der Waals surface area (Å²) in [5, 5.41) is 2.99. The molecular weight excluding hydrogens is 388 g/mol. The number of hydrogen-bond donors (Lipinski definition) is 1. The minimum atomic E-state index is -3.82. The van der Waals surface area contributed by atoms with Gasteiger partial charge in [-0.15, -0.1) is 0 Å². The van der Waals surface area contributed by atoms with Gasteiger partial charge < -0.3 is 14.3 Å². The first-order chi connectivity index (χ1) is 14.1. The van der Waals surface area contributed by atoms with Crippen molar-refractivity contribution >= 4 is 15.7 Å². The van der Waals surface area contributed by atoms with E-state index in [-0.39, 0.29) is 21.7 Å². The lowest BCUT2D eigenvalue weighted by atomic mass is 10.2. The molecule has 2 aromatic carbocycles. The van der Waals surface area contributed by atoms with Crippen molar-refractivity contribution in [1.82, 2.24) is 14.5 Å². The van der Waals surface area contributed by atoms with Crippen LogP contribution in [0.3, 0.4) is 0 Å². The maximum atomic E-state index is 13.1. The Labute approximate surface area is 169 Å². The summed E-state index contributed by atoms with van der Waals surface area (Å²) in [5.41, 5.74) is 0.712. The van der Waals surface area contributed by atoms with E-state index >= 15 is 0 Å². The Morgan fingerprint density at radius 3 is 2.41 bits per heavy atom. The lowest BCUT2D eigenvalue weighted by Gasteiger charge is -2.06. The summed E-state index contributed by atoms with van der Waals surface area (Å²) in [7, 11) is -3.82. The number of rotatable bonds is 8. The monoisotopic (exact) mass is 408 g/mol. The third-order valence-electron chi connectivity index (χ3n) is 4.36. The summed E-state index contributed by atoms with van der Waals surface area (Å²) in [6, 6.07) is 17.5. The molecule has 7 nitrogen and oxygen atoms in total. The molecule has 148 valence electrons. The first-order valence-electron chi connectivity index (χ1n) is 9.20. The number of benzene rings is 2. The summed E-state index contributed by atoms with van der Waals surface area (Å²) in [6.07, 6.45) is 6.11. The number of sulfone groups is 1. The van der Waals surface area contributed by atoms with Gasteiger partial charge in [-0.3, -0.25) is 0 Å². The molecular formula is C21H20N4O3S. The zero-order valence-corrected chi connectivity index (χ0v) is 16.4. The van der Waals surface area contributed by atoms with Gasteiger partial charge in [-0.25, -0.2) is 13.4 Å². The Kier molecular flexibility index (Phi) is 5.44. The van der Waals surface area contributed by atoms with E-state index in [0.29, 0.717) is 12.1 Å². The third-order valence-corrected chi connectivity index (χ3v) is 6.04. The molecule has 2 heterocycles. The number of aryl methyl sites for hydroxylation is 1. The SMILES string of the molecule is O=S(=O)(c1ccccc1)c1nc(-c2ccccc2)oc1NCCCn1ccnc1. The third kappa shape index (κ3) is 4.22. The van der Waals surface area contributed by atoms with Crippen LogP contribution in [0, 0.1) is 0 Å². The number of oxazole rings is 1. The number of anilines is 1. The van der Waals surface area contributed by atoms with Crippen molar-refractivity contribution in [1.29, 1.82) is 0 Å². The highest BCUT2D eigenvalue weighted by Gasteiger charge is 2.28. The fourth-order valence-corrected chi connectivity index (χ4v) is 4.20. The quantitative estimate of drug-likeness (QED) is 0.445. The number of nitrogens with zero attached hydrogens (tertiary/aromatic N) is 3. The molecule has 4 aromatic rings. The van der Waals surface area contributed by atoms with Gasteiger partial charge >= 0.3 is 0 Å². The van der Waals surface area contributed by atoms with Crippen molar-refractivity contribution in [2.45, 2.75) is 22.9 Å². The van der Waals surface area contributed by atoms with Crippen molar-refractivity contribution in [3.63, 3.8) is 0 Å². The molecule has 0 spiro atoms. The van der Waals surface area contributed by atoms with Crippen LogP contribution in [0.1, 0.15) is 6.42 Å². The zero-order valence-electron chi connectivity index (χ0n) is 15.6. The molecule has 0 fully saturated rings. The molecule has 0 saturated heterocycles. The van der Waals surface area contributed by atoms with Crippen LogP contribution in [0.4, 0.5) is 5.88 Å². The highest BCUT2D eigenvalue weighted by molar-refractivity contribution is 7.91. The highest BCUT2D eigenvalue weighted by atomic mass is 32.2. The molecule has 0 bridgehead atoms. The average Bonchev–Trinajstić information content (AvgIpc) is 3.43. The molecule has 0 amide bonds. The number of nitrogens with one attached hydrogen (secondary N) is 1. The topological polar surface area (TPSA) is 90.0 Å². The zero-order chi connectivity index (χ0) is 20.1. The van der Waals surface area contributed by atoms with Crippen molar-refractivity contribution in [3.05, 3.63) is 79.4 Å². The lowest BCUT2D eigenvalue weighted by molar-refractivity contribution is 0.571. The first kappa shape index (κ1) is 18.9. The van der Waals surface area contributed by atoms with E-state index in [1.54, 1.807) is 42.9 Å². The molecule has 0 aliphatic rings. The molecule has 4 rings (SSSR count). The predicted molar refractivity (Wildman–Crippen MR) is 109 cm³/mol. The van der Waals surface area contributed by atoms with Gasteiger partial charge in [0, 0.05) is 31.0 Å². The second kappa shape index (κ2) is 8.32. The van der Waals surface area contributed by atoms with Gasteiger partial charge in [-0.2, -0.15) is 4.98 Å². The molecule has 1 N–H and O–H groups in total. The Bertz CT molecular complexity index is 1160. The van der Waals surface area contributed by atoms with Crippen LogP contribution in [-0.4, -0.2) is 29.5 Å². The summed E-state index contributed by atoms with van der Waals surface area (Å²) >= 11 is 0. The van der Waals surface area contributed by atoms with E-state index in [1.807, 2.05) is 41.1 Å². The van der Waals surface area contributed by atoms with E-state index in [9.17, 15) is 8.42 Å². The van der Waals surface area contributed by atoms with E-state index in [0.717, 1.165) is 13.0 Å². The van der Waals surface area contributed by atoms with Gasteiger partial charge in [0.05, 0.1) is 11.2 Å². The second-order valence-electron chi connectivity index (χ2n) is 6.42. The smallest absolute Gasteiger partial charge is 0.233 e. The van der Waals surface area contributed by atoms with Crippen LogP contribution < -0.4 is 5.32 Å². The molecule has 0 atom stereocenters. The number of aromatic nitrogens is 3. The molecule has 0 saturated carbocycles. The standard InChI is InChI=1S/C21H20N4O3S/c26-29(27,18-10-5-2-6-11-18)21-20(23-12-7-14-25-15-13-22-16-25)28-19(24-21)17-8-3-1-4-9-17/h1-6,8-11,13,15-16,23H,7,12,14H2. The van der Waals surface area contributed by atoms with Crippen LogP contribution >= 0.6 is 0 Å². The van der Waals surface area contributed by atoms with Gasteiger partial charge in [0.1, 0.15) is 0 Å². The van der Waals surface area contributed by atoms with E-state index in [4.69, 9.17) is 4.42 Å². The molecule has 8 heteroatoms. The fourth-order valence-electron chi connectivity index (χ4n) is 2.90. The Hall–Kier alpha value is -3.39. The van der Waals surface area contributed by atoms with Crippen molar-refractivity contribution in [3.8, 4) is 11.5 Å². The van der Waals surface area contributed by atoms with Gasteiger partial charge in [0.2, 0.25) is 26.6 Å². The average molecular weight is 408 g/mol. The van der Waals surface area contributed by atoms with E-state index in [1.165, 1.54) is 0 Å². The second-order valence-corrected chi connectivity index (χ2v) is 8.28. The van der Waals surface area contributed by atoms with E-state index < -0.39 is 9.84 Å². The molecule has 0 unspecified atom stereocenters. The molecule has 0 aliphatic carbocycles. The van der Waals surface area contributed by atoms with Crippen LogP contribution in [0.15, 0.2) is 93.7 Å². The van der Waals surface area contributed by atoms with Gasteiger partial charge in [0.25, 0.3) is 0 Å². The minimum Gasteiger partial charge on any atom is -0.419 e. The fraction of sp³-hybridized carbons (Fsp3) is 0.143. The first-order valence-corrected chi connectivity index (χ1v) is 10.7. The summed E-state index contributed by atoms with van der Waals surface area (Å²) in [5.74, 6) is 0.413. The number of hydrogen-bond acceptors (Lipinski definition) is 6. The van der Waals surface area contributed by atoms with Gasteiger partial charge in [0.15, 0.2) is 0 Å². The van der Waals surface area contributed by atoms with Gasteiger partial charge in [-0.1, -0.05) is 36.4 Å². The maximum absolute atomic E-state index is 13.1. The Morgan fingerprint density at radius 1 is 1.00 bits per heavy atom. The molecule has 0 aliphatic heterocycles. The maximum Gasteiger partial charge on any atom is 0.233 e. The number of imidazole rings is 1. The van der Waals surface area contributed by atoms with Crippen LogP contribution in [-0.2, 0) is 16.4 Å².